The van der Waals surface area contributed by atoms with Gasteiger partial charge >= 0.3 is 6.18 Å². The summed E-state index contributed by atoms with van der Waals surface area (Å²) >= 11 is -0.874. The summed E-state index contributed by atoms with van der Waals surface area (Å²) in [5, 5.41) is 6.77. The third-order valence-electron chi connectivity index (χ3n) is 5.09. The number of amides is 2. The van der Waals surface area contributed by atoms with Crippen molar-refractivity contribution in [2.45, 2.75) is 12.6 Å². The topological polar surface area (TPSA) is 67.2 Å². The average Bonchev–Trinajstić information content (AvgIpc) is 3.43. The van der Waals surface area contributed by atoms with E-state index in [1.165, 1.54) is 40.1 Å². The first-order valence-electron chi connectivity index (χ1n) is 9.58. The van der Waals surface area contributed by atoms with E-state index in [-0.39, 0.29) is 30.2 Å². The fourth-order valence-corrected chi connectivity index (χ4v) is 5.29. The Hall–Kier alpha value is -2.83. The molecular formula is C21H17F4IN4O2. The molecule has 168 valence electrons. The summed E-state index contributed by atoms with van der Waals surface area (Å²) in [4.78, 5) is 26.6. The van der Waals surface area contributed by atoms with Gasteiger partial charge in [-0.15, -0.1) is 5.10 Å². The van der Waals surface area contributed by atoms with E-state index in [0.717, 1.165) is 4.08 Å². The zero-order valence-electron chi connectivity index (χ0n) is 16.4. The van der Waals surface area contributed by atoms with Crippen LogP contribution in [0.15, 0.2) is 57.8 Å². The number of anilines is 1. The molecule has 0 aliphatic carbocycles. The Morgan fingerprint density at radius 2 is 1.97 bits per heavy atom. The molecule has 2 aliphatic heterocycles. The monoisotopic (exact) mass is 560 g/mol. The van der Waals surface area contributed by atoms with Crippen LogP contribution in [0, 0.1) is 11.7 Å². The molecule has 2 aliphatic rings. The Balaban J connectivity index is 1.40. The van der Waals surface area contributed by atoms with Crippen molar-refractivity contribution in [3.05, 3.63) is 63.7 Å². The first kappa shape index (κ1) is 22.4. The molecule has 32 heavy (non-hydrogen) atoms. The highest BCUT2D eigenvalue weighted by molar-refractivity contribution is 14.2. The zero-order valence-corrected chi connectivity index (χ0v) is 18.6. The van der Waals surface area contributed by atoms with Crippen LogP contribution in [-0.4, -0.2) is 49.8 Å². The second kappa shape index (κ2) is 8.96. The number of carbonyl (C=O) groups is 2. The van der Waals surface area contributed by atoms with E-state index in [2.05, 4.69) is 10.4 Å². The van der Waals surface area contributed by atoms with Gasteiger partial charge in [0, 0.05) is 25.4 Å². The summed E-state index contributed by atoms with van der Waals surface area (Å²) < 4.78 is 57.7. The maximum absolute atomic E-state index is 13.9. The number of likely N-dealkylation sites (tertiary alicyclic amines) is 1. The summed E-state index contributed by atoms with van der Waals surface area (Å²) in [6, 6.07) is 7.55. The standard InChI is InChI=1S/C21H17F4IN4O2/c22-16-3-1-2-4-17(16)30-10-7-18(28-30)27-19(31)13-6-9-29(12-13)20(32)14-5-8-26-11-15(14)21(23,24)25/h1-5,7-8,10-11,13H,6,9,12H2,(H,27,28,31)/t13-/m0/s1. The largest absolute Gasteiger partial charge is 0.417 e. The minimum Gasteiger partial charge on any atom is -0.338 e. The molecule has 0 unspecified atom stereocenters. The quantitative estimate of drug-likeness (QED) is 0.455. The van der Waals surface area contributed by atoms with Crippen LogP contribution in [0.5, 0.6) is 0 Å². The first-order valence-corrected chi connectivity index (χ1v) is 12.1. The lowest BCUT2D eigenvalue weighted by Gasteiger charge is -2.21. The van der Waals surface area contributed by atoms with E-state index in [4.69, 9.17) is 0 Å². The zero-order chi connectivity index (χ0) is 22.9. The Morgan fingerprint density at radius 3 is 2.72 bits per heavy atom. The number of allylic oxidation sites excluding steroid dienone is 1. The molecule has 0 radical (unpaired) electrons. The first-order chi connectivity index (χ1) is 15.2. The van der Waals surface area contributed by atoms with Crippen LogP contribution in [0.4, 0.5) is 23.4 Å². The van der Waals surface area contributed by atoms with Gasteiger partial charge in [-0.1, -0.05) is 32.9 Å². The SMILES string of the molecule is O=C(Nc1ccn(-c2ccccc2F)n1)[C@H]1CCN(C(=O)C2=CC=IC=C2C(F)(F)F)C1. The van der Waals surface area contributed by atoms with Gasteiger partial charge in [0.05, 0.1) is 17.1 Å². The van der Waals surface area contributed by atoms with E-state index < -0.39 is 56.0 Å². The molecule has 0 saturated carbocycles. The van der Waals surface area contributed by atoms with E-state index in [0.29, 0.717) is 6.42 Å². The lowest BCUT2D eigenvalue weighted by atomic mass is 10.1. The lowest BCUT2D eigenvalue weighted by Crippen LogP contribution is -2.34. The number of hydrogen-bond acceptors (Lipinski definition) is 3. The van der Waals surface area contributed by atoms with Crippen molar-refractivity contribution in [3.63, 3.8) is 0 Å². The number of hydrogen-bond donors (Lipinski definition) is 1. The molecular weight excluding hydrogens is 543 g/mol. The second-order valence-electron chi connectivity index (χ2n) is 7.18. The number of nitrogens with one attached hydrogen (secondary N) is 1. The van der Waals surface area contributed by atoms with Crippen LogP contribution in [-0.2, 0) is 9.59 Å². The molecule has 1 aromatic carbocycles. The van der Waals surface area contributed by atoms with Gasteiger partial charge in [-0.05, 0) is 32.7 Å². The number of para-hydroxylation sites is 1. The summed E-state index contributed by atoms with van der Waals surface area (Å²) in [6.07, 6.45) is -1.54. The van der Waals surface area contributed by atoms with Crippen molar-refractivity contribution in [1.29, 1.82) is 0 Å². The highest BCUT2D eigenvalue weighted by Crippen LogP contribution is 2.36. The minimum absolute atomic E-state index is 0.0101. The molecule has 1 aromatic heterocycles. The Bertz CT molecular complexity index is 1150. The number of aromatic nitrogens is 2. The molecule has 1 fully saturated rings. The van der Waals surface area contributed by atoms with E-state index in [1.807, 2.05) is 0 Å². The van der Waals surface area contributed by atoms with Crippen LogP contribution in [0.3, 0.4) is 0 Å². The highest BCUT2D eigenvalue weighted by Gasteiger charge is 2.41. The number of rotatable bonds is 4. The van der Waals surface area contributed by atoms with Gasteiger partial charge in [0.15, 0.2) is 5.82 Å². The number of halogens is 5. The third-order valence-corrected chi connectivity index (χ3v) is 6.84. The molecule has 1 atom stereocenters. The van der Waals surface area contributed by atoms with Crippen molar-refractivity contribution >= 4 is 42.4 Å². The number of alkyl halides is 3. The molecule has 1 saturated heterocycles. The molecule has 11 heteroatoms. The molecule has 1 N–H and O–H groups in total. The fourth-order valence-electron chi connectivity index (χ4n) is 3.47. The minimum atomic E-state index is -4.59. The van der Waals surface area contributed by atoms with Crippen LogP contribution < -0.4 is 5.32 Å². The van der Waals surface area contributed by atoms with Gasteiger partial charge in [-0.3, -0.25) is 9.59 Å². The van der Waals surface area contributed by atoms with Gasteiger partial charge in [-0.2, -0.15) is 13.2 Å². The third kappa shape index (κ3) is 4.66. The summed E-state index contributed by atoms with van der Waals surface area (Å²) in [7, 11) is 0. The van der Waals surface area contributed by atoms with Gasteiger partial charge in [-0.25, -0.2) is 9.07 Å². The summed E-state index contributed by atoms with van der Waals surface area (Å²) in [6.45, 7) is 0.189. The number of benzene rings is 1. The lowest BCUT2D eigenvalue weighted by molar-refractivity contribution is -0.128. The van der Waals surface area contributed by atoms with Gasteiger partial charge in [0.2, 0.25) is 5.91 Å². The smallest absolute Gasteiger partial charge is 0.338 e. The van der Waals surface area contributed by atoms with Crippen LogP contribution in [0.1, 0.15) is 6.42 Å². The van der Waals surface area contributed by atoms with E-state index >= 15 is 0 Å². The Morgan fingerprint density at radius 1 is 1.19 bits per heavy atom. The Kier molecular flexibility index (Phi) is 6.26. The van der Waals surface area contributed by atoms with Gasteiger partial charge < -0.3 is 10.2 Å². The maximum Gasteiger partial charge on any atom is 0.417 e. The Labute approximate surface area is 190 Å². The predicted octanol–water partition coefficient (Wildman–Crippen LogP) is 3.96. The fraction of sp³-hybridized carbons (Fsp3) is 0.238. The summed E-state index contributed by atoms with van der Waals surface area (Å²) in [5.41, 5.74) is -1.06. The van der Waals surface area contributed by atoms with Crippen LogP contribution in [0.2, 0.25) is 0 Å². The van der Waals surface area contributed by atoms with Crippen molar-refractivity contribution in [2.24, 2.45) is 5.92 Å². The molecule has 3 heterocycles. The van der Waals surface area contributed by atoms with Crippen LogP contribution in [0.25, 0.3) is 5.69 Å². The van der Waals surface area contributed by atoms with E-state index in [1.54, 1.807) is 16.1 Å². The number of nitrogens with zero attached hydrogens (tertiary/aromatic N) is 3. The van der Waals surface area contributed by atoms with Crippen molar-refractivity contribution < 1.29 is 27.2 Å². The second-order valence-corrected chi connectivity index (χ2v) is 9.24. The maximum atomic E-state index is 13.9. The van der Waals surface area contributed by atoms with E-state index in [9.17, 15) is 27.2 Å². The molecule has 6 nitrogen and oxygen atoms in total. The molecule has 2 aromatic rings. The van der Waals surface area contributed by atoms with Crippen LogP contribution >= 0.6 is 20.7 Å². The molecule has 0 bridgehead atoms. The highest BCUT2D eigenvalue weighted by atomic mass is 127. The predicted molar refractivity (Wildman–Crippen MR) is 119 cm³/mol. The molecule has 2 amide bonds. The normalized spacial score (nSPS) is 18.6. The summed E-state index contributed by atoms with van der Waals surface area (Å²) in [5.74, 6) is -1.98. The van der Waals surface area contributed by atoms with Gasteiger partial charge in [0.1, 0.15) is 11.5 Å². The van der Waals surface area contributed by atoms with Crippen molar-refractivity contribution in [1.82, 2.24) is 14.7 Å². The van der Waals surface area contributed by atoms with Crippen molar-refractivity contribution in [3.8, 4) is 5.69 Å². The molecule has 4 rings (SSSR count). The number of carbonyl (C=O) groups excluding carboxylic acids is 2. The molecule has 0 spiro atoms. The average molecular weight is 560 g/mol. The van der Waals surface area contributed by atoms with Crippen molar-refractivity contribution in [2.75, 3.05) is 18.4 Å². The van der Waals surface area contributed by atoms with Gasteiger partial charge in [0.25, 0.3) is 5.91 Å².